The van der Waals surface area contributed by atoms with Crippen molar-refractivity contribution >= 4 is 29.9 Å². The molecule has 1 aromatic carbocycles. The lowest BCUT2D eigenvalue weighted by molar-refractivity contribution is 0.0703. The molecular weight excluding hydrogens is 344 g/mol. The number of aromatic nitrogens is 3. The van der Waals surface area contributed by atoms with Crippen LogP contribution in [-0.2, 0) is 0 Å². The van der Waals surface area contributed by atoms with E-state index >= 15 is 0 Å². The SMILES string of the molecule is C[C@@H]1CN(C(=O)c2cn(-c3cccc(Cl)c3F)nn2)CCN1.Cl. The molecule has 0 aliphatic carbocycles. The normalized spacial score (nSPS) is 17.7. The fourth-order valence-corrected chi connectivity index (χ4v) is 2.60. The molecule has 0 unspecified atom stereocenters. The van der Waals surface area contributed by atoms with E-state index in [1.54, 1.807) is 11.0 Å². The number of amides is 1. The zero-order chi connectivity index (χ0) is 15.7. The predicted octanol–water partition coefficient (Wildman–Crippen LogP) is 1.92. The molecule has 6 nitrogen and oxygen atoms in total. The van der Waals surface area contributed by atoms with Crippen LogP contribution in [0.2, 0.25) is 5.02 Å². The highest BCUT2D eigenvalue weighted by molar-refractivity contribution is 6.30. The Morgan fingerprint density at radius 2 is 2.26 bits per heavy atom. The largest absolute Gasteiger partial charge is 0.334 e. The van der Waals surface area contributed by atoms with Gasteiger partial charge in [0.1, 0.15) is 5.69 Å². The van der Waals surface area contributed by atoms with Gasteiger partial charge < -0.3 is 10.2 Å². The average Bonchev–Trinajstić information content (AvgIpc) is 2.99. The summed E-state index contributed by atoms with van der Waals surface area (Å²) in [5.74, 6) is -0.800. The summed E-state index contributed by atoms with van der Waals surface area (Å²) in [6.07, 6.45) is 1.42. The minimum absolute atomic E-state index is 0. The highest BCUT2D eigenvalue weighted by Crippen LogP contribution is 2.20. The second kappa shape index (κ2) is 7.25. The maximum atomic E-state index is 14.0. The van der Waals surface area contributed by atoms with Crippen LogP contribution in [0.1, 0.15) is 17.4 Å². The molecule has 1 fully saturated rings. The third-order valence-corrected chi connectivity index (χ3v) is 3.84. The number of rotatable bonds is 2. The van der Waals surface area contributed by atoms with E-state index in [9.17, 15) is 9.18 Å². The molecule has 2 aromatic rings. The van der Waals surface area contributed by atoms with Crippen LogP contribution in [0.4, 0.5) is 4.39 Å². The van der Waals surface area contributed by atoms with Gasteiger partial charge >= 0.3 is 0 Å². The zero-order valence-electron chi connectivity index (χ0n) is 12.4. The van der Waals surface area contributed by atoms with Gasteiger partial charge in [-0.25, -0.2) is 9.07 Å². The van der Waals surface area contributed by atoms with Crippen molar-refractivity contribution in [3.8, 4) is 5.69 Å². The van der Waals surface area contributed by atoms with Gasteiger partial charge in [0.15, 0.2) is 11.5 Å². The Morgan fingerprint density at radius 3 is 3.00 bits per heavy atom. The lowest BCUT2D eigenvalue weighted by Gasteiger charge is -2.31. The van der Waals surface area contributed by atoms with Gasteiger partial charge in [0, 0.05) is 25.7 Å². The number of hydrogen-bond donors (Lipinski definition) is 1. The van der Waals surface area contributed by atoms with Crippen molar-refractivity contribution < 1.29 is 9.18 Å². The Kier molecular flexibility index (Phi) is 5.56. The lowest BCUT2D eigenvalue weighted by Crippen LogP contribution is -2.51. The minimum Gasteiger partial charge on any atom is -0.334 e. The summed E-state index contributed by atoms with van der Waals surface area (Å²) in [5.41, 5.74) is 0.348. The van der Waals surface area contributed by atoms with Crippen LogP contribution in [0.3, 0.4) is 0 Å². The lowest BCUT2D eigenvalue weighted by atomic mass is 10.2. The van der Waals surface area contributed by atoms with E-state index in [0.717, 1.165) is 6.54 Å². The summed E-state index contributed by atoms with van der Waals surface area (Å²) in [6, 6.07) is 4.82. The Labute approximate surface area is 144 Å². The number of nitrogens with one attached hydrogen (secondary N) is 1. The first-order chi connectivity index (χ1) is 10.6. The monoisotopic (exact) mass is 359 g/mol. The smallest absolute Gasteiger partial charge is 0.276 e. The third-order valence-electron chi connectivity index (χ3n) is 3.55. The van der Waals surface area contributed by atoms with E-state index in [1.807, 2.05) is 6.92 Å². The molecule has 1 aliphatic heterocycles. The van der Waals surface area contributed by atoms with E-state index in [2.05, 4.69) is 15.6 Å². The molecule has 1 aliphatic rings. The molecule has 1 N–H and O–H groups in total. The van der Waals surface area contributed by atoms with Crippen LogP contribution in [0.25, 0.3) is 5.69 Å². The third kappa shape index (κ3) is 3.63. The first kappa shape index (κ1) is 17.7. The minimum atomic E-state index is -0.594. The standard InChI is InChI=1S/C14H15ClFN5O.ClH/c1-9-7-20(6-5-17-9)14(22)11-8-21(19-18-11)12-4-2-3-10(15)13(12)16;/h2-4,8-9,17H,5-7H2,1H3;1H/t9-;/m1./s1. The fraction of sp³-hybridized carbons (Fsp3) is 0.357. The van der Waals surface area contributed by atoms with Crippen LogP contribution in [0, 0.1) is 5.82 Å². The van der Waals surface area contributed by atoms with Gasteiger partial charge in [0.25, 0.3) is 5.91 Å². The summed E-state index contributed by atoms with van der Waals surface area (Å²) in [6.45, 7) is 3.97. The van der Waals surface area contributed by atoms with Crippen LogP contribution in [0.5, 0.6) is 0 Å². The van der Waals surface area contributed by atoms with Gasteiger partial charge in [0.2, 0.25) is 0 Å². The number of carbonyl (C=O) groups is 1. The fourth-order valence-electron chi connectivity index (χ4n) is 2.43. The van der Waals surface area contributed by atoms with Crippen LogP contribution < -0.4 is 5.32 Å². The maximum Gasteiger partial charge on any atom is 0.276 e. The van der Waals surface area contributed by atoms with Crippen LogP contribution >= 0.6 is 24.0 Å². The van der Waals surface area contributed by atoms with E-state index in [1.165, 1.54) is 23.0 Å². The van der Waals surface area contributed by atoms with Crippen molar-refractivity contribution in [2.45, 2.75) is 13.0 Å². The van der Waals surface area contributed by atoms with Crippen LogP contribution in [0.15, 0.2) is 24.4 Å². The van der Waals surface area contributed by atoms with Crippen molar-refractivity contribution in [1.29, 1.82) is 0 Å². The van der Waals surface area contributed by atoms with E-state index in [0.29, 0.717) is 13.1 Å². The summed E-state index contributed by atoms with van der Waals surface area (Å²) in [7, 11) is 0. The predicted molar refractivity (Wildman–Crippen MR) is 86.9 cm³/mol. The van der Waals surface area contributed by atoms with E-state index in [4.69, 9.17) is 11.6 Å². The number of halogens is 3. The quantitative estimate of drug-likeness (QED) is 0.889. The van der Waals surface area contributed by atoms with Gasteiger partial charge in [-0.15, -0.1) is 17.5 Å². The van der Waals surface area contributed by atoms with Crippen molar-refractivity contribution in [2.24, 2.45) is 0 Å². The molecular formula is C14H16Cl2FN5O. The highest BCUT2D eigenvalue weighted by Gasteiger charge is 2.24. The van der Waals surface area contributed by atoms with Gasteiger partial charge in [-0.05, 0) is 19.1 Å². The van der Waals surface area contributed by atoms with Crippen molar-refractivity contribution in [2.75, 3.05) is 19.6 Å². The Bertz CT molecular complexity index is 708. The van der Waals surface area contributed by atoms with E-state index < -0.39 is 5.82 Å². The average molecular weight is 360 g/mol. The topological polar surface area (TPSA) is 63.1 Å². The molecule has 3 rings (SSSR count). The molecule has 23 heavy (non-hydrogen) atoms. The van der Waals surface area contributed by atoms with Crippen molar-refractivity contribution in [3.05, 3.63) is 40.9 Å². The number of carbonyl (C=O) groups excluding carboxylic acids is 1. The van der Waals surface area contributed by atoms with Gasteiger partial charge in [-0.1, -0.05) is 22.9 Å². The Hall–Kier alpha value is -1.70. The molecule has 1 amide bonds. The molecule has 0 bridgehead atoms. The second-order valence-corrected chi connectivity index (χ2v) is 5.63. The van der Waals surface area contributed by atoms with Gasteiger partial charge in [-0.2, -0.15) is 0 Å². The molecule has 2 heterocycles. The number of hydrogen-bond acceptors (Lipinski definition) is 4. The summed E-state index contributed by atoms with van der Waals surface area (Å²) >= 11 is 5.75. The second-order valence-electron chi connectivity index (χ2n) is 5.23. The first-order valence-corrected chi connectivity index (χ1v) is 7.33. The summed E-state index contributed by atoms with van der Waals surface area (Å²) in [5, 5.41) is 10.9. The molecule has 0 saturated carbocycles. The number of piperazine rings is 1. The van der Waals surface area contributed by atoms with Gasteiger partial charge in [-0.3, -0.25) is 4.79 Å². The van der Waals surface area contributed by atoms with Gasteiger partial charge in [0.05, 0.1) is 11.2 Å². The Balaban J connectivity index is 0.00000192. The van der Waals surface area contributed by atoms with E-state index in [-0.39, 0.29) is 40.8 Å². The van der Waals surface area contributed by atoms with Crippen molar-refractivity contribution in [1.82, 2.24) is 25.2 Å². The summed E-state index contributed by atoms with van der Waals surface area (Å²) in [4.78, 5) is 14.1. The van der Waals surface area contributed by atoms with Crippen molar-refractivity contribution in [3.63, 3.8) is 0 Å². The first-order valence-electron chi connectivity index (χ1n) is 6.95. The number of nitrogens with zero attached hydrogens (tertiary/aromatic N) is 4. The number of benzene rings is 1. The molecule has 124 valence electrons. The van der Waals surface area contributed by atoms with Crippen LogP contribution in [-0.4, -0.2) is 51.5 Å². The Morgan fingerprint density at radius 1 is 1.48 bits per heavy atom. The molecule has 1 saturated heterocycles. The molecule has 0 spiro atoms. The summed E-state index contributed by atoms with van der Waals surface area (Å²) < 4.78 is 15.2. The molecule has 1 aromatic heterocycles. The molecule has 1 atom stereocenters. The zero-order valence-corrected chi connectivity index (χ0v) is 13.9. The molecule has 0 radical (unpaired) electrons. The maximum absolute atomic E-state index is 14.0. The highest BCUT2D eigenvalue weighted by atomic mass is 35.5. The molecule has 9 heteroatoms.